The Labute approximate surface area is 163 Å². The van der Waals surface area contributed by atoms with Gasteiger partial charge in [-0.05, 0) is 47.7 Å². The molecule has 1 aliphatic carbocycles. The number of aryl methyl sites for hydroxylation is 1. The van der Waals surface area contributed by atoms with E-state index < -0.39 is 6.43 Å². The van der Waals surface area contributed by atoms with Crippen molar-refractivity contribution in [3.05, 3.63) is 44.6 Å². The first-order valence-corrected chi connectivity index (χ1v) is 8.05. The molecule has 3 nitrogen and oxygen atoms in total. The third kappa shape index (κ3) is 3.09. The van der Waals surface area contributed by atoms with Crippen molar-refractivity contribution in [1.82, 2.24) is 5.32 Å². The predicted octanol–water partition coefficient (Wildman–Crippen LogP) is 4.80. The van der Waals surface area contributed by atoms with Gasteiger partial charge in [0.2, 0.25) is 0 Å². The zero-order chi connectivity index (χ0) is 15.4. The summed E-state index contributed by atoms with van der Waals surface area (Å²) in [4.78, 5) is 1.04. The van der Waals surface area contributed by atoms with Crippen LogP contribution in [0.1, 0.15) is 45.2 Å². The number of alkyl halides is 2. The summed E-state index contributed by atoms with van der Waals surface area (Å²) < 4.78 is 26.0. The van der Waals surface area contributed by atoms with Gasteiger partial charge < -0.3 is 15.5 Å². The number of hydrogen-bond donors (Lipinski definition) is 3. The molecule has 0 amide bonds. The highest BCUT2D eigenvalue weighted by atomic mass is 79.9. The number of benzene rings is 1. The largest absolute Gasteiger partial charge is 0.504 e. The van der Waals surface area contributed by atoms with E-state index in [1.165, 1.54) is 0 Å². The topological polar surface area (TPSA) is 52.5 Å². The summed E-state index contributed by atoms with van der Waals surface area (Å²) in [5, 5.41) is 22.9. The van der Waals surface area contributed by atoms with Gasteiger partial charge >= 0.3 is 0 Å². The molecule has 0 bridgehead atoms. The number of halogens is 4. The van der Waals surface area contributed by atoms with Gasteiger partial charge in [0.15, 0.2) is 11.5 Å². The molecule has 0 unspecified atom stereocenters. The zero-order valence-corrected chi connectivity index (χ0v) is 16.7. The van der Waals surface area contributed by atoms with E-state index in [1.54, 1.807) is 18.2 Å². The van der Waals surface area contributed by atoms with Crippen LogP contribution in [0.15, 0.2) is 18.2 Å². The second-order valence-corrected chi connectivity index (χ2v) is 7.04. The molecule has 4 rings (SSSR count). The molecule has 0 fully saturated rings. The number of fused-ring (bicyclic) bond motifs is 5. The molecule has 0 radical (unpaired) electrons. The molecule has 1 aromatic carbocycles. The number of thiophene rings is 1. The van der Waals surface area contributed by atoms with Crippen molar-refractivity contribution in [2.45, 2.75) is 37.8 Å². The minimum absolute atomic E-state index is 0. The zero-order valence-electron chi connectivity index (χ0n) is 12.5. The highest BCUT2D eigenvalue weighted by Crippen LogP contribution is 2.47. The summed E-state index contributed by atoms with van der Waals surface area (Å²) >= 11 is 1.16. The molecule has 8 heteroatoms. The maximum Gasteiger partial charge on any atom is 0.272 e. The number of nitrogens with one attached hydrogen (secondary N) is 1. The Kier molecular flexibility index (Phi) is 5.95. The number of phenols is 2. The number of phenolic OH excluding ortho intramolecular Hbond substituents is 2. The first kappa shape index (κ1) is 19.6. The van der Waals surface area contributed by atoms with Crippen LogP contribution in [-0.2, 0) is 13.0 Å². The maximum absolute atomic E-state index is 13.0. The standard InChI is InChI=1S/C16H15F2NO2S.2BrH/c17-16(18)13-5-9-14(22-13)6-19-10-2-1-7-3-11(20)12(21)4-8(7)15(9)10;;/h3-5,10,15-16,19-21H,1-2,6H2;2*1H/t10-,15+;;/m0../s1. The van der Waals surface area contributed by atoms with Crippen LogP contribution in [0.4, 0.5) is 8.78 Å². The van der Waals surface area contributed by atoms with Gasteiger partial charge in [0, 0.05) is 23.4 Å². The van der Waals surface area contributed by atoms with Gasteiger partial charge in [-0.1, -0.05) is 0 Å². The van der Waals surface area contributed by atoms with Gasteiger partial charge in [-0.15, -0.1) is 45.3 Å². The van der Waals surface area contributed by atoms with E-state index in [2.05, 4.69) is 5.32 Å². The van der Waals surface area contributed by atoms with Crippen LogP contribution in [0.2, 0.25) is 0 Å². The molecule has 0 saturated heterocycles. The quantitative estimate of drug-likeness (QED) is 0.509. The predicted molar refractivity (Wildman–Crippen MR) is 100 cm³/mol. The van der Waals surface area contributed by atoms with Crippen molar-refractivity contribution in [3.63, 3.8) is 0 Å². The second kappa shape index (κ2) is 7.27. The molecule has 132 valence electrons. The van der Waals surface area contributed by atoms with Gasteiger partial charge in [0.1, 0.15) is 0 Å². The van der Waals surface area contributed by atoms with E-state index in [9.17, 15) is 19.0 Å². The molecular weight excluding hydrogens is 468 g/mol. The Morgan fingerprint density at radius 2 is 1.79 bits per heavy atom. The van der Waals surface area contributed by atoms with E-state index in [1.807, 2.05) is 0 Å². The first-order chi connectivity index (χ1) is 10.5. The molecule has 2 heterocycles. The van der Waals surface area contributed by atoms with Crippen LogP contribution < -0.4 is 5.32 Å². The molecule has 1 aliphatic heterocycles. The van der Waals surface area contributed by atoms with Crippen LogP contribution in [0.5, 0.6) is 11.5 Å². The molecule has 1 aromatic heterocycles. The SMILES string of the molecule is Br.Br.Oc1cc2c(cc1O)[C@@H]1c3cc(C(F)F)sc3CN[C@H]1CC2. The smallest absolute Gasteiger partial charge is 0.272 e. The highest BCUT2D eigenvalue weighted by molar-refractivity contribution is 8.93. The Morgan fingerprint density at radius 3 is 2.50 bits per heavy atom. The Morgan fingerprint density at radius 1 is 1.08 bits per heavy atom. The fourth-order valence-electron chi connectivity index (χ4n) is 3.64. The van der Waals surface area contributed by atoms with E-state index in [-0.39, 0.29) is 62.3 Å². The summed E-state index contributed by atoms with van der Waals surface area (Å²) in [6.45, 7) is 0.618. The lowest BCUT2D eigenvalue weighted by atomic mass is 9.74. The molecule has 2 aromatic rings. The summed E-state index contributed by atoms with van der Waals surface area (Å²) in [5.41, 5.74) is 2.85. The summed E-state index contributed by atoms with van der Waals surface area (Å²) in [6.07, 6.45) is -0.759. The van der Waals surface area contributed by atoms with Crippen molar-refractivity contribution in [3.8, 4) is 11.5 Å². The minimum atomic E-state index is -2.45. The third-order valence-electron chi connectivity index (χ3n) is 4.63. The van der Waals surface area contributed by atoms with Crippen LogP contribution in [-0.4, -0.2) is 16.3 Å². The lowest BCUT2D eigenvalue weighted by Gasteiger charge is -2.38. The molecular formula is C16H17Br2F2NO2S. The third-order valence-corrected chi connectivity index (χ3v) is 5.79. The number of hydrogen-bond acceptors (Lipinski definition) is 4. The fraction of sp³-hybridized carbons (Fsp3) is 0.375. The molecule has 2 aliphatic rings. The van der Waals surface area contributed by atoms with Crippen LogP contribution >= 0.6 is 45.3 Å². The van der Waals surface area contributed by atoms with Gasteiger partial charge in [0.05, 0.1) is 4.88 Å². The number of rotatable bonds is 1. The average Bonchev–Trinajstić information content (AvgIpc) is 2.92. The lowest BCUT2D eigenvalue weighted by molar-refractivity contribution is 0.155. The summed E-state index contributed by atoms with van der Waals surface area (Å²) in [7, 11) is 0. The van der Waals surface area contributed by atoms with Gasteiger partial charge in [-0.2, -0.15) is 0 Å². The molecule has 0 saturated carbocycles. The van der Waals surface area contributed by atoms with Crippen molar-refractivity contribution in [2.75, 3.05) is 0 Å². The summed E-state index contributed by atoms with van der Waals surface area (Å²) in [5.74, 6) is -0.321. The minimum Gasteiger partial charge on any atom is -0.504 e. The molecule has 3 N–H and O–H groups in total. The van der Waals surface area contributed by atoms with Crippen molar-refractivity contribution >= 4 is 45.3 Å². The monoisotopic (exact) mass is 483 g/mol. The molecule has 2 atom stereocenters. The lowest BCUT2D eigenvalue weighted by Crippen LogP contribution is -2.41. The van der Waals surface area contributed by atoms with E-state index >= 15 is 0 Å². The van der Waals surface area contributed by atoms with Gasteiger partial charge in [-0.3, -0.25) is 0 Å². The Hall–Kier alpha value is -0.700. The van der Waals surface area contributed by atoms with Crippen LogP contribution in [0, 0.1) is 0 Å². The van der Waals surface area contributed by atoms with E-state index in [0.717, 1.165) is 45.7 Å². The Balaban J connectivity index is 0.00000104. The maximum atomic E-state index is 13.0. The highest BCUT2D eigenvalue weighted by Gasteiger charge is 2.37. The van der Waals surface area contributed by atoms with Crippen molar-refractivity contribution in [1.29, 1.82) is 0 Å². The first-order valence-electron chi connectivity index (χ1n) is 7.23. The van der Waals surface area contributed by atoms with E-state index in [0.29, 0.717) is 6.54 Å². The Bertz CT molecular complexity index is 754. The number of aromatic hydroxyl groups is 2. The molecule has 24 heavy (non-hydrogen) atoms. The van der Waals surface area contributed by atoms with E-state index in [4.69, 9.17) is 0 Å². The van der Waals surface area contributed by atoms with Crippen LogP contribution in [0.3, 0.4) is 0 Å². The summed E-state index contributed by atoms with van der Waals surface area (Å²) in [6, 6.07) is 4.97. The van der Waals surface area contributed by atoms with Gasteiger partial charge in [0.25, 0.3) is 6.43 Å². The normalized spacial score (nSPS) is 21.1. The van der Waals surface area contributed by atoms with Crippen molar-refractivity contribution in [2.24, 2.45) is 0 Å². The van der Waals surface area contributed by atoms with Crippen molar-refractivity contribution < 1.29 is 19.0 Å². The fourth-order valence-corrected chi connectivity index (χ4v) is 4.66. The average molecular weight is 485 g/mol. The second-order valence-electron chi connectivity index (χ2n) is 5.87. The molecule has 0 spiro atoms. The van der Waals surface area contributed by atoms with Crippen LogP contribution in [0.25, 0.3) is 0 Å². The van der Waals surface area contributed by atoms with Gasteiger partial charge in [-0.25, -0.2) is 8.78 Å².